The van der Waals surface area contributed by atoms with Gasteiger partial charge in [-0.2, -0.15) is 9.47 Å². The SMILES string of the molecule is C1=CC23Nc4ccccc4N2c2ccccc2N3C([n+]2cccc3cnccc32)=C1. The third-order valence-electron chi connectivity index (χ3n) is 6.16. The largest absolute Gasteiger partial charge is 0.321 e. The van der Waals surface area contributed by atoms with E-state index in [0.29, 0.717) is 0 Å². The number of benzene rings is 2. The van der Waals surface area contributed by atoms with E-state index in [2.05, 4.69) is 116 Å². The number of nitrogens with zero attached hydrogens (tertiary/aromatic N) is 4. The van der Waals surface area contributed by atoms with Crippen molar-refractivity contribution < 1.29 is 4.57 Å². The normalized spacial score (nSPS) is 20.3. The van der Waals surface area contributed by atoms with Crippen LogP contribution in [-0.4, -0.2) is 10.8 Å². The van der Waals surface area contributed by atoms with Crippen LogP contribution in [0.3, 0.4) is 0 Å². The maximum Gasteiger partial charge on any atom is 0.290 e. The summed E-state index contributed by atoms with van der Waals surface area (Å²) >= 11 is 0. The molecule has 1 spiro atoms. The van der Waals surface area contributed by atoms with E-state index in [1.807, 2.05) is 12.4 Å². The molecule has 0 fully saturated rings. The molecule has 142 valence electrons. The number of rotatable bonds is 1. The van der Waals surface area contributed by atoms with E-state index in [4.69, 9.17) is 0 Å². The number of hydrogen-bond donors (Lipinski definition) is 1. The molecule has 5 nitrogen and oxygen atoms in total. The van der Waals surface area contributed by atoms with E-state index in [1.54, 1.807) is 0 Å². The molecule has 0 saturated carbocycles. The molecule has 1 N–H and O–H groups in total. The minimum Gasteiger partial charge on any atom is -0.321 e. The Balaban J connectivity index is 1.52. The van der Waals surface area contributed by atoms with Crippen molar-refractivity contribution in [3.05, 3.63) is 104 Å². The fraction of sp³-hybridized carbons (Fsp3) is 0.0400. The monoisotopic (exact) mass is 388 g/mol. The van der Waals surface area contributed by atoms with Crippen molar-refractivity contribution in [1.82, 2.24) is 4.98 Å². The lowest BCUT2D eigenvalue weighted by Crippen LogP contribution is -2.60. The minimum absolute atomic E-state index is 0.514. The number of hydrogen-bond acceptors (Lipinski definition) is 4. The van der Waals surface area contributed by atoms with E-state index in [0.717, 1.165) is 22.4 Å². The van der Waals surface area contributed by atoms with Crippen molar-refractivity contribution in [1.29, 1.82) is 0 Å². The van der Waals surface area contributed by atoms with Crippen molar-refractivity contribution in [2.45, 2.75) is 5.79 Å². The number of nitrogens with one attached hydrogen (secondary N) is 1. The molecule has 4 aromatic rings. The smallest absolute Gasteiger partial charge is 0.290 e. The summed E-state index contributed by atoms with van der Waals surface area (Å²) in [6.45, 7) is 0. The van der Waals surface area contributed by atoms with Gasteiger partial charge < -0.3 is 5.32 Å². The van der Waals surface area contributed by atoms with Crippen LogP contribution < -0.4 is 19.7 Å². The zero-order valence-corrected chi connectivity index (χ0v) is 16.1. The average molecular weight is 388 g/mol. The summed E-state index contributed by atoms with van der Waals surface area (Å²) in [5.41, 5.74) is 5.81. The highest BCUT2D eigenvalue weighted by Gasteiger charge is 2.61. The Morgan fingerprint density at radius 1 is 0.833 bits per heavy atom. The molecule has 2 aromatic heterocycles. The van der Waals surface area contributed by atoms with Gasteiger partial charge in [0.2, 0.25) is 0 Å². The molecular weight excluding hydrogens is 370 g/mol. The predicted molar refractivity (Wildman–Crippen MR) is 119 cm³/mol. The lowest BCUT2D eigenvalue weighted by molar-refractivity contribution is -0.554. The van der Waals surface area contributed by atoms with Crippen LogP contribution in [0.1, 0.15) is 0 Å². The maximum atomic E-state index is 4.30. The number of aromatic nitrogens is 2. The van der Waals surface area contributed by atoms with Crippen LogP contribution in [0.2, 0.25) is 0 Å². The van der Waals surface area contributed by atoms with Gasteiger partial charge in [-0.15, -0.1) is 0 Å². The summed E-state index contributed by atoms with van der Waals surface area (Å²) in [5, 5.41) is 4.91. The molecule has 2 aromatic carbocycles. The average Bonchev–Trinajstić information content (AvgIpc) is 3.27. The molecule has 3 aliphatic rings. The fourth-order valence-electron chi connectivity index (χ4n) is 4.99. The van der Waals surface area contributed by atoms with Gasteiger partial charge in [-0.05, 0) is 42.5 Å². The van der Waals surface area contributed by atoms with E-state index in [-0.39, 0.29) is 0 Å². The Labute approximate surface area is 173 Å². The highest BCUT2D eigenvalue weighted by atomic mass is 15.6. The molecule has 0 radical (unpaired) electrons. The summed E-state index contributed by atoms with van der Waals surface area (Å²) in [5.74, 6) is 0.573. The molecule has 1 atom stereocenters. The van der Waals surface area contributed by atoms with Crippen LogP contribution in [0, 0.1) is 0 Å². The molecule has 30 heavy (non-hydrogen) atoms. The Kier molecular flexibility index (Phi) is 2.88. The van der Waals surface area contributed by atoms with Gasteiger partial charge in [-0.3, -0.25) is 9.88 Å². The van der Waals surface area contributed by atoms with Crippen LogP contribution in [-0.2, 0) is 0 Å². The van der Waals surface area contributed by atoms with Crippen molar-refractivity contribution in [2.24, 2.45) is 0 Å². The van der Waals surface area contributed by atoms with Crippen molar-refractivity contribution in [3.8, 4) is 0 Å². The van der Waals surface area contributed by atoms with Gasteiger partial charge in [0.25, 0.3) is 11.6 Å². The van der Waals surface area contributed by atoms with Gasteiger partial charge in [0.05, 0.1) is 23.3 Å². The predicted octanol–water partition coefficient (Wildman–Crippen LogP) is 4.63. The van der Waals surface area contributed by atoms with Gasteiger partial charge in [0.15, 0.2) is 5.69 Å². The first-order chi connectivity index (χ1) is 14.9. The summed E-state index contributed by atoms with van der Waals surface area (Å²) in [7, 11) is 0. The van der Waals surface area contributed by atoms with Crippen molar-refractivity contribution in [3.63, 3.8) is 0 Å². The van der Waals surface area contributed by atoms with E-state index < -0.39 is 5.79 Å². The van der Waals surface area contributed by atoms with E-state index in [9.17, 15) is 0 Å². The highest BCUT2D eigenvalue weighted by molar-refractivity contribution is 6.00. The van der Waals surface area contributed by atoms with Crippen LogP contribution in [0.5, 0.6) is 0 Å². The highest BCUT2D eigenvalue weighted by Crippen LogP contribution is 2.57. The molecule has 0 amide bonds. The fourth-order valence-corrected chi connectivity index (χ4v) is 4.99. The molecule has 5 heterocycles. The first-order valence-corrected chi connectivity index (χ1v) is 10.1. The number of allylic oxidation sites excluding steroid dienone is 2. The Hall–Kier alpha value is -4.12. The van der Waals surface area contributed by atoms with Gasteiger partial charge >= 0.3 is 0 Å². The third kappa shape index (κ3) is 1.82. The second-order valence-corrected chi connectivity index (χ2v) is 7.72. The van der Waals surface area contributed by atoms with Crippen molar-refractivity contribution >= 4 is 39.5 Å². The number of para-hydroxylation sites is 4. The lowest BCUT2D eigenvalue weighted by Gasteiger charge is -2.35. The van der Waals surface area contributed by atoms with Gasteiger partial charge in [0, 0.05) is 36.0 Å². The van der Waals surface area contributed by atoms with E-state index in [1.165, 1.54) is 17.1 Å². The molecule has 7 rings (SSSR count). The molecule has 1 unspecified atom stereocenters. The van der Waals surface area contributed by atoms with Crippen molar-refractivity contribution in [2.75, 3.05) is 15.1 Å². The first kappa shape index (κ1) is 15.8. The molecule has 0 bridgehead atoms. The zero-order valence-electron chi connectivity index (χ0n) is 16.1. The number of anilines is 4. The standard InChI is InChI=1S/C25H18N5/c1-2-9-21-19(8-1)27-25-14-5-12-24(28-16-6-7-18-17-26-15-13-20(18)28)30(25)23-11-4-3-10-22(23)29(21)25/h1-17,27H/q+1. The summed E-state index contributed by atoms with van der Waals surface area (Å²) < 4.78 is 2.24. The topological polar surface area (TPSA) is 35.3 Å². The zero-order chi connectivity index (χ0) is 19.7. The Morgan fingerprint density at radius 3 is 2.53 bits per heavy atom. The molecule has 3 aliphatic heterocycles. The van der Waals surface area contributed by atoms with Crippen LogP contribution in [0.4, 0.5) is 22.7 Å². The summed E-state index contributed by atoms with van der Waals surface area (Å²) in [6, 6.07) is 23.3. The third-order valence-corrected chi connectivity index (χ3v) is 6.16. The van der Waals surface area contributed by atoms with Crippen LogP contribution in [0.25, 0.3) is 16.7 Å². The first-order valence-electron chi connectivity index (χ1n) is 10.1. The molecule has 0 aliphatic carbocycles. The quantitative estimate of drug-likeness (QED) is 0.482. The Morgan fingerprint density at radius 2 is 1.63 bits per heavy atom. The second kappa shape index (κ2) is 5.48. The summed E-state index contributed by atoms with van der Waals surface area (Å²) in [6.07, 6.45) is 12.4. The van der Waals surface area contributed by atoms with Crippen LogP contribution >= 0.6 is 0 Å². The minimum atomic E-state index is -0.514. The molecule has 0 saturated heterocycles. The van der Waals surface area contributed by atoms with Crippen LogP contribution in [0.15, 0.2) is 104 Å². The van der Waals surface area contributed by atoms with E-state index >= 15 is 0 Å². The maximum absolute atomic E-state index is 4.30. The molecule has 5 heteroatoms. The van der Waals surface area contributed by atoms with Gasteiger partial charge in [-0.25, -0.2) is 0 Å². The Bertz CT molecular complexity index is 1400. The lowest BCUT2D eigenvalue weighted by atomic mass is 10.1. The molecular formula is C25H18N5+. The summed E-state index contributed by atoms with van der Waals surface area (Å²) in [4.78, 5) is 9.09. The second-order valence-electron chi connectivity index (χ2n) is 7.72. The van der Waals surface area contributed by atoms with Gasteiger partial charge in [0.1, 0.15) is 5.52 Å². The number of pyridine rings is 2. The number of fused-ring (bicyclic) bond motifs is 6. The van der Waals surface area contributed by atoms with Gasteiger partial charge in [-0.1, -0.05) is 24.3 Å².